The normalized spacial score (nSPS) is 15.6. The summed E-state index contributed by atoms with van der Waals surface area (Å²) in [6.07, 6.45) is 0.923. The van der Waals surface area contributed by atoms with Gasteiger partial charge in [0.2, 0.25) is 10.0 Å². The minimum absolute atomic E-state index is 0.0249. The molecule has 0 aromatic heterocycles. The van der Waals surface area contributed by atoms with Gasteiger partial charge >= 0.3 is 0 Å². The van der Waals surface area contributed by atoms with Crippen LogP contribution in [0.1, 0.15) is 41.4 Å². The Hall–Kier alpha value is -2.42. The third-order valence-electron chi connectivity index (χ3n) is 5.23. The van der Waals surface area contributed by atoms with E-state index in [0.29, 0.717) is 32.1 Å². The van der Waals surface area contributed by atoms with Crippen molar-refractivity contribution in [2.75, 3.05) is 33.4 Å². The number of hydrogen-bond acceptors (Lipinski definition) is 5. The Kier molecular flexibility index (Phi) is 7.12. The number of ether oxygens (including phenoxy) is 2. The maximum absolute atomic E-state index is 13.0. The number of rotatable bonds is 7. The van der Waals surface area contributed by atoms with Crippen LogP contribution in [-0.2, 0) is 21.2 Å². The molecule has 1 amide bonds. The largest absolute Gasteiger partial charge is 0.496 e. The Labute approximate surface area is 178 Å². The van der Waals surface area contributed by atoms with Crippen LogP contribution >= 0.6 is 0 Å². The van der Waals surface area contributed by atoms with Crippen molar-refractivity contribution in [1.82, 2.24) is 9.62 Å². The average molecular weight is 433 g/mol. The van der Waals surface area contributed by atoms with Gasteiger partial charge in [0, 0.05) is 19.1 Å². The first-order chi connectivity index (χ1) is 14.4. The van der Waals surface area contributed by atoms with Gasteiger partial charge in [0.05, 0.1) is 30.8 Å². The molecule has 1 aliphatic rings. The Morgan fingerprint density at radius 2 is 1.83 bits per heavy atom. The highest BCUT2D eigenvalue weighted by Crippen LogP contribution is 2.26. The standard InChI is InChI=1S/C22H28N2O5S/c1-4-17-5-7-18(8-6-17)16(2)23-30(26,27)19-9-10-21(28-3)20(15-19)22(25)24-11-13-29-14-12-24/h5-10,15-16,23H,4,11-14H2,1-3H3/t16-/m1/s1. The fourth-order valence-electron chi connectivity index (χ4n) is 3.37. The summed E-state index contributed by atoms with van der Waals surface area (Å²) in [6, 6.07) is 11.8. The molecule has 7 nitrogen and oxygen atoms in total. The number of benzene rings is 2. The van der Waals surface area contributed by atoms with E-state index in [-0.39, 0.29) is 16.4 Å². The van der Waals surface area contributed by atoms with E-state index in [1.165, 1.54) is 30.9 Å². The molecule has 3 rings (SSSR count). The highest BCUT2D eigenvalue weighted by Gasteiger charge is 2.25. The van der Waals surface area contributed by atoms with Gasteiger partial charge in [-0.3, -0.25) is 4.79 Å². The van der Waals surface area contributed by atoms with E-state index in [2.05, 4.69) is 11.6 Å². The number of sulfonamides is 1. The van der Waals surface area contributed by atoms with E-state index in [4.69, 9.17) is 9.47 Å². The zero-order valence-corrected chi connectivity index (χ0v) is 18.4. The highest BCUT2D eigenvalue weighted by atomic mass is 32.2. The van der Waals surface area contributed by atoms with Crippen molar-refractivity contribution in [3.8, 4) is 5.75 Å². The lowest BCUT2D eigenvalue weighted by molar-refractivity contribution is 0.0300. The summed E-state index contributed by atoms with van der Waals surface area (Å²) < 4.78 is 39.3. The van der Waals surface area contributed by atoms with Gasteiger partial charge in [-0.15, -0.1) is 0 Å². The molecule has 1 fully saturated rings. The average Bonchev–Trinajstić information content (AvgIpc) is 2.78. The predicted molar refractivity (Wildman–Crippen MR) is 114 cm³/mol. The third kappa shape index (κ3) is 5.00. The summed E-state index contributed by atoms with van der Waals surface area (Å²) in [5.74, 6) is 0.0732. The van der Waals surface area contributed by atoms with E-state index in [1.807, 2.05) is 24.3 Å². The molecule has 1 heterocycles. The minimum Gasteiger partial charge on any atom is -0.496 e. The summed E-state index contributed by atoms with van der Waals surface area (Å²) in [4.78, 5) is 14.6. The number of carbonyl (C=O) groups excluding carboxylic acids is 1. The number of nitrogens with zero attached hydrogens (tertiary/aromatic N) is 1. The number of nitrogens with one attached hydrogen (secondary N) is 1. The van der Waals surface area contributed by atoms with Crippen LogP contribution in [0.4, 0.5) is 0 Å². The zero-order valence-electron chi connectivity index (χ0n) is 17.6. The van der Waals surface area contributed by atoms with Gasteiger partial charge in [-0.05, 0) is 42.7 Å². The lowest BCUT2D eigenvalue weighted by atomic mass is 10.1. The van der Waals surface area contributed by atoms with Crippen molar-refractivity contribution in [2.24, 2.45) is 0 Å². The quantitative estimate of drug-likeness (QED) is 0.727. The maximum atomic E-state index is 13.0. The Balaban J connectivity index is 1.84. The monoisotopic (exact) mass is 432 g/mol. The molecule has 2 aromatic carbocycles. The molecule has 0 unspecified atom stereocenters. The molecular weight excluding hydrogens is 404 g/mol. The van der Waals surface area contributed by atoms with E-state index in [1.54, 1.807) is 11.8 Å². The summed E-state index contributed by atoms with van der Waals surface area (Å²) >= 11 is 0. The van der Waals surface area contributed by atoms with E-state index in [9.17, 15) is 13.2 Å². The number of morpholine rings is 1. The van der Waals surface area contributed by atoms with Gasteiger partial charge in [-0.1, -0.05) is 31.2 Å². The number of methoxy groups -OCH3 is 1. The minimum atomic E-state index is -3.84. The fourth-order valence-corrected chi connectivity index (χ4v) is 4.63. The SMILES string of the molecule is CCc1ccc([C@@H](C)NS(=O)(=O)c2ccc(OC)c(C(=O)N3CCOCC3)c2)cc1. The van der Waals surface area contributed by atoms with Crippen LogP contribution in [-0.4, -0.2) is 52.6 Å². The first-order valence-electron chi connectivity index (χ1n) is 10.0. The molecule has 1 N–H and O–H groups in total. The molecule has 1 atom stereocenters. The molecule has 8 heteroatoms. The van der Waals surface area contributed by atoms with Gasteiger partial charge in [-0.2, -0.15) is 0 Å². The molecule has 1 aliphatic heterocycles. The molecule has 0 saturated carbocycles. The van der Waals surface area contributed by atoms with E-state index in [0.717, 1.165) is 12.0 Å². The highest BCUT2D eigenvalue weighted by molar-refractivity contribution is 7.89. The molecule has 30 heavy (non-hydrogen) atoms. The predicted octanol–water partition coefficient (Wildman–Crippen LogP) is 2.77. The van der Waals surface area contributed by atoms with Crippen LogP contribution in [0.3, 0.4) is 0 Å². The van der Waals surface area contributed by atoms with E-state index >= 15 is 0 Å². The van der Waals surface area contributed by atoms with Crippen molar-refractivity contribution >= 4 is 15.9 Å². The molecule has 1 saturated heterocycles. The lowest BCUT2D eigenvalue weighted by Gasteiger charge is -2.27. The van der Waals surface area contributed by atoms with Crippen LogP contribution < -0.4 is 9.46 Å². The van der Waals surface area contributed by atoms with Gasteiger partial charge in [0.25, 0.3) is 5.91 Å². The summed E-state index contributed by atoms with van der Waals surface area (Å²) in [5.41, 5.74) is 2.28. The first-order valence-corrected chi connectivity index (χ1v) is 11.5. The second-order valence-electron chi connectivity index (χ2n) is 7.20. The van der Waals surface area contributed by atoms with Crippen LogP contribution in [0, 0.1) is 0 Å². The maximum Gasteiger partial charge on any atom is 0.257 e. The van der Waals surface area contributed by atoms with Gasteiger partial charge in [-0.25, -0.2) is 13.1 Å². The van der Waals surface area contributed by atoms with Crippen molar-refractivity contribution in [3.63, 3.8) is 0 Å². The smallest absolute Gasteiger partial charge is 0.257 e. The van der Waals surface area contributed by atoms with Crippen molar-refractivity contribution < 1.29 is 22.7 Å². The molecule has 0 spiro atoms. The van der Waals surface area contributed by atoms with Crippen LogP contribution in [0.25, 0.3) is 0 Å². The topological polar surface area (TPSA) is 84.9 Å². The third-order valence-corrected chi connectivity index (χ3v) is 6.77. The Morgan fingerprint density at radius 1 is 1.17 bits per heavy atom. The van der Waals surface area contributed by atoms with Crippen LogP contribution in [0.15, 0.2) is 47.4 Å². The van der Waals surface area contributed by atoms with Crippen molar-refractivity contribution in [1.29, 1.82) is 0 Å². The van der Waals surface area contributed by atoms with Gasteiger partial charge < -0.3 is 14.4 Å². The molecule has 0 bridgehead atoms. The second-order valence-corrected chi connectivity index (χ2v) is 8.92. The summed E-state index contributed by atoms with van der Waals surface area (Å²) in [7, 11) is -2.38. The summed E-state index contributed by atoms with van der Waals surface area (Å²) in [6.45, 7) is 5.70. The lowest BCUT2D eigenvalue weighted by Crippen LogP contribution is -2.40. The zero-order chi connectivity index (χ0) is 21.7. The molecule has 0 radical (unpaired) electrons. The number of amides is 1. The molecular formula is C22H28N2O5S. The van der Waals surface area contributed by atoms with Crippen molar-refractivity contribution in [2.45, 2.75) is 31.2 Å². The second kappa shape index (κ2) is 9.59. The van der Waals surface area contributed by atoms with Gasteiger partial charge in [0.15, 0.2) is 0 Å². The Bertz CT molecular complexity index is 983. The van der Waals surface area contributed by atoms with Gasteiger partial charge in [0.1, 0.15) is 5.75 Å². The molecule has 162 valence electrons. The fraction of sp³-hybridized carbons (Fsp3) is 0.409. The first kappa shape index (κ1) is 22.3. The van der Waals surface area contributed by atoms with Crippen LogP contribution in [0.2, 0.25) is 0 Å². The van der Waals surface area contributed by atoms with E-state index < -0.39 is 16.1 Å². The molecule has 2 aromatic rings. The number of carbonyl (C=O) groups is 1. The number of hydrogen-bond donors (Lipinski definition) is 1. The Morgan fingerprint density at radius 3 is 2.43 bits per heavy atom. The number of aryl methyl sites for hydroxylation is 1. The summed E-state index contributed by atoms with van der Waals surface area (Å²) in [5, 5.41) is 0. The van der Waals surface area contributed by atoms with Crippen molar-refractivity contribution in [3.05, 3.63) is 59.2 Å². The van der Waals surface area contributed by atoms with Crippen LogP contribution in [0.5, 0.6) is 5.75 Å². The molecule has 0 aliphatic carbocycles.